The van der Waals surface area contributed by atoms with Crippen LogP contribution in [-0.4, -0.2) is 21.5 Å². The van der Waals surface area contributed by atoms with Crippen molar-refractivity contribution in [3.63, 3.8) is 0 Å². The molecule has 0 saturated carbocycles. The van der Waals surface area contributed by atoms with E-state index in [0.717, 1.165) is 17.7 Å². The van der Waals surface area contributed by atoms with Gasteiger partial charge in [-0.2, -0.15) is 5.10 Å². The number of hydrogen-bond donors (Lipinski definition) is 2. The highest BCUT2D eigenvalue weighted by atomic mass is 19.1. The normalized spacial score (nSPS) is 19.5. The first-order valence-corrected chi connectivity index (χ1v) is 7.72. The first kappa shape index (κ1) is 14.6. The molecular formula is C17H15FN4O2. The molecule has 2 heterocycles. The predicted molar refractivity (Wildman–Crippen MR) is 84.8 cm³/mol. The van der Waals surface area contributed by atoms with Crippen molar-refractivity contribution in [3.8, 4) is 0 Å². The Labute approximate surface area is 137 Å². The number of allylic oxidation sites excluding steroid dienone is 2. The monoisotopic (exact) mass is 326 g/mol. The third-order valence-electron chi connectivity index (χ3n) is 4.49. The highest BCUT2D eigenvalue weighted by molar-refractivity contribution is 6.02. The second-order valence-electron chi connectivity index (χ2n) is 5.96. The van der Waals surface area contributed by atoms with Gasteiger partial charge < -0.3 is 11.1 Å². The Bertz CT molecular complexity index is 882. The number of benzene rings is 1. The standard InChI is InChI=1S/C17H15FN4O2/c18-10-6-4-9(5-7-10)15-14-12(2-1-3-13(14)23)21-17-11(16(19)24)8-20-22(15)17/h4-8,15,21H,1-3H2,(H2,19,24). The topological polar surface area (TPSA) is 90.0 Å². The van der Waals surface area contributed by atoms with Crippen LogP contribution >= 0.6 is 0 Å². The highest BCUT2D eigenvalue weighted by Crippen LogP contribution is 2.41. The van der Waals surface area contributed by atoms with Crippen LogP contribution in [-0.2, 0) is 4.79 Å². The van der Waals surface area contributed by atoms with Gasteiger partial charge in [-0.15, -0.1) is 0 Å². The van der Waals surface area contributed by atoms with Crippen LogP contribution in [0.4, 0.5) is 10.2 Å². The smallest absolute Gasteiger partial charge is 0.254 e. The van der Waals surface area contributed by atoms with Crippen molar-refractivity contribution in [2.24, 2.45) is 5.73 Å². The number of carbonyl (C=O) groups excluding carboxylic acids is 2. The van der Waals surface area contributed by atoms with Gasteiger partial charge in [0.15, 0.2) is 5.78 Å². The van der Waals surface area contributed by atoms with Crippen LogP contribution < -0.4 is 11.1 Å². The number of primary amides is 1. The van der Waals surface area contributed by atoms with Gasteiger partial charge in [0, 0.05) is 17.7 Å². The SMILES string of the molecule is NC(=O)c1cnn2c1NC1=C(C(=O)CCC1)C2c1ccc(F)cc1. The van der Waals surface area contributed by atoms with E-state index in [1.54, 1.807) is 16.8 Å². The third kappa shape index (κ3) is 2.12. The van der Waals surface area contributed by atoms with E-state index >= 15 is 0 Å². The number of amides is 1. The number of aromatic nitrogens is 2. The molecule has 1 aliphatic carbocycles. The average molecular weight is 326 g/mol. The molecule has 0 fully saturated rings. The molecule has 0 bridgehead atoms. The number of fused-ring (bicyclic) bond motifs is 1. The van der Waals surface area contributed by atoms with E-state index in [1.165, 1.54) is 18.3 Å². The molecule has 122 valence electrons. The van der Waals surface area contributed by atoms with Gasteiger partial charge in [-0.05, 0) is 30.5 Å². The van der Waals surface area contributed by atoms with Crippen LogP contribution in [0, 0.1) is 5.82 Å². The number of halogens is 1. The van der Waals surface area contributed by atoms with Crippen LogP contribution in [0.5, 0.6) is 0 Å². The summed E-state index contributed by atoms with van der Waals surface area (Å²) in [6.07, 6.45) is 3.32. The Kier molecular flexibility index (Phi) is 3.23. The number of nitrogens with one attached hydrogen (secondary N) is 1. The zero-order chi connectivity index (χ0) is 16.8. The fourth-order valence-corrected chi connectivity index (χ4v) is 3.39. The molecule has 6 nitrogen and oxygen atoms in total. The molecule has 1 atom stereocenters. The van der Waals surface area contributed by atoms with Gasteiger partial charge >= 0.3 is 0 Å². The summed E-state index contributed by atoms with van der Waals surface area (Å²) in [6.45, 7) is 0. The van der Waals surface area contributed by atoms with Gasteiger partial charge in [-0.3, -0.25) is 9.59 Å². The molecule has 7 heteroatoms. The highest BCUT2D eigenvalue weighted by Gasteiger charge is 2.37. The number of ketones is 1. The van der Waals surface area contributed by atoms with E-state index in [1.807, 2.05) is 0 Å². The maximum absolute atomic E-state index is 13.3. The molecule has 0 saturated heterocycles. The molecule has 1 unspecified atom stereocenters. The van der Waals surface area contributed by atoms with Crippen molar-refractivity contribution in [2.45, 2.75) is 25.3 Å². The van der Waals surface area contributed by atoms with E-state index < -0.39 is 11.9 Å². The molecule has 1 aromatic carbocycles. The molecular weight excluding hydrogens is 311 g/mol. The molecule has 2 aliphatic rings. The second kappa shape index (κ2) is 5.30. The lowest BCUT2D eigenvalue weighted by atomic mass is 9.85. The van der Waals surface area contributed by atoms with Crippen LogP contribution in [0.1, 0.15) is 41.2 Å². The van der Waals surface area contributed by atoms with Crippen molar-refractivity contribution >= 4 is 17.5 Å². The predicted octanol–water partition coefficient (Wildman–Crippen LogP) is 2.14. The van der Waals surface area contributed by atoms with E-state index in [9.17, 15) is 14.0 Å². The fourth-order valence-electron chi connectivity index (χ4n) is 3.39. The second-order valence-corrected chi connectivity index (χ2v) is 5.96. The average Bonchev–Trinajstić information content (AvgIpc) is 2.98. The van der Waals surface area contributed by atoms with Crippen molar-refractivity contribution in [3.05, 3.63) is 58.7 Å². The molecule has 1 aliphatic heterocycles. The van der Waals surface area contributed by atoms with Gasteiger partial charge in [0.1, 0.15) is 23.2 Å². The Morgan fingerprint density at radius 2 is 2.04 bits per heavy atom. The van der Waals surface area contributed by atoms with E-state index in [2.05, 4.69) is 10.4 Å². The molecule has 4 rings (SSSR count). The van der Waals surface area contributed by atoms with Crippen molar-refractivity contribution in [1.82, 2.24) is 9.78 Å². The van der Waals surface area contributed by atoms with Crippen molar-refractivity contribution in [1.29, 1.82) is 0 Å². The summed E-state index contributed by atoms with van der Waals surface area (Å²) in [5.74, 6) is -0.423. The lowest BCUT2D eigenvalue weighted by Crippen LogP contribution is -2.32. The number of nitrogens with two attached hydrogens (primary N) is 1. The number of rotatable bonds is 2. The van der Waals surface area contributed by atoms with Gasteiger partial charge in [0.05, 0.1) is 6.20 Å². The first-order valence-electron chi connectivity index (χ1n) is 7.72. The van der Waals surface area contributed by atoms with Crippen molar-refractivity contribution < 1.29 is 14.0 Å². The zero-order valence-electron chi connectivity index (χ0n) is 12.8. The molecule has 24 heavy (non-hydrogen) atoms. The van der Waals surface area contributed by atoms with Gasteiger partial charge in [0.25, 0.3) is 5.91 Å². The Balaban J connectivity index is 1.93. The van der Waals surface area contributed by atoms with Crippen molar-refractivity contribution in [2.75, 3.05) is 5.32 Å². The number of carbonyl (C=O) groups is 2. The Morgan fingerprint density at radius 3 is 2.75 bits per heavy atom. The van der Waals surface area contributed by atoms with Gasteiger partial charge in [-0.1, -0.05) is 12.1 Å². The minimum Gasteiger partial charge on any atom is -0.365 e. The molecule has 0 radical (unpaired) electrons. The molecule has 3 N–H and O–H groups in total. The van der Waals surface area contributed by atoms with E-state index in [0.29, 0.717) is 24.2 Å². The minimum absolute atomic E-state index is 0.0415. The molecule has 1 amide bonds. The number of Topliss-reactive ketones (excluding diaryl/α,β-unsaturated/α-hetero) is 1. The summed E-state index contributed by atoms with van der Waals surface area (Å²) >= 11 is 0. The summed E-state index contributed by atoms with van der Waals surface area (Å²) in [5.41, 5.74) is 7.84. The zero-order valence-corrected chi connectivity index (χ0v) is 12.8. The van der Waals surface area contributed by atoms with Gasteiger partial charge in [-0.25, -0.2) is 9.07 Å². The van der Waals surface area contributed by atoms with E-state index in [4.69, 9.17) is 5.73 Å². The van der Waals surface area contributed by atoms with Crippen LogP contribution in [0.25, 0.3) is 0 Å². The fraction of sp³-hybridized carbons (Fsp3) is 0.235. The summed E-state index contributed by atoms with van der Waals surface area (Å²) in [7, 11) is 0. The molecule has 1 aromatic heterocycles. The molecule has 2 aromatic rings. The Hall–Kier alpha value is -2.96. The maximum Gasteiger partial charge on any atom is 0.254 e. The summed E-state index contributed by atoms with van der Waals surface area (Å²) in [5, 5.41) is 7.41. The minimum atomic E-state index is -0.590. The summed E-state index contributed by atoms with van der Waals surface area (Å²) < 4.78 is 14.9. The van der Waals surface area contributed by atoms with Crippen LogP contribution in [0.2, 0.25) is 0 Å². The number of anilines is 1. The van der Waals surface area contributed by atoms with Crippen LogP contribution in [0.3, 0.4) is 0 Å². The summed E-state index contributed by atoms with van der Waals surface area (Å²) in [6, 6.07) is 5.48. The lowest BCUT2D eigenvalue weighted by Gasteiger charge is -2.33. The van der Waals surface area contributed by atoms with Crippen LogP contribution in [0.15, 0.2) is 41.7 Å². The Morgan fingerprint density at radius 1 is 1.29 bits per heavy atom. The number of nitrogens with zero attached hydrogens (tertiary/aromatic N) is 2. The third-order valence-corrected chi connectivity index (χ3v) is 4.49. The van der Waals surface area contributed by atoms with Gasteiger partial charge in [0.2, 0.25) is 0 Å². The first-order chi connectivity index (χ1) is 11.6. The maximum atomic E-state index is 13.3. The molecule has 0 spiro atoms. The number of hydrogen-bond acceptors (Lipinski definition) is 4. The van der Waals surface area contributed by atoms with E-state index in [-0.39, 0.29) is 17.2 Å². The summed E-state index contributed by atoms with van der Waals surface area (Å²) in [4.78, 5) is 24.2. The quantitative estimate of drug-likeness (QED) is 0.885. The lowest BCUT2D eigenvalue weighted by molar-refractivity contribution is -0.116. The largest absolute Gasteiger partial charge is 0.365 e.